The summed E-state index contributed by atoms with van der Waals surface area (Å²) in [5.41, 5.74) is 0. The van der Waals surface area contributed by atoms with Crippen LogP contribution in [0.25, 0.3) is 0 Å². The van der Waals surface area contributed by atoms with Crippen LogP contribution in [0.4, 0.5) is 0 Å². The average Bonchev–Trinajstić information content (AvgIpc) is 2.18. The highest BCUT2D eigenvalue weighted by atomic mass is 32.2. The smallest absolute Gasteiger partial charge is 0.0608 e. The molecule has 0 aromatic heterocycles. The average molecular weight is 230 g/mol. The van der Waals surface area contributed by atoms with Crippen LogP contribution in [0.1, 0.15) is 40.0 Å². The van der Waals surface area contributed by atoms with E-state index in [1.807, 2.05) is 11.8 Å². The van der Waals surface area contributed by atoms with Gasteiger partial charge in [-0.25, -0.2) is 0 Å². The monoisotopic (exact) mass is 230 g/mol. The Labute approximate surface area is 99.3 Å². The van der Waals surface area contributed by atoms with Gasteiger partial charge in [0.1, 0.15) is 0 Å². The second-order valence-electron chi connectivity index (χ2n) is 5.23. The van der Waals surface area contributed by atoms with Gasteiger partial charge in [0.05, 0.1) is 12.7 Å². The van der Waals surface area contributed by atoms with Crippen molar-refractivity contribution in [2.45, 2.75) is 46.1 Å². The molecule has 3 atom stereocenters. The highest BCUT2D eigenvalue weighted by Gasteiger charge is 2.30. The zero-order chi connectivity index (χ0) is 11.3. The molecule has 0 aromatic rings. The third-order valence-corrected chi connectivity index (χ3v) is 4.16. The van der Waals surface area contributed by atoms with Crippen molar-refractivity contribution >= 4 is 11.8 Å². The fourth-order valence-corrected chi connectivity index (χ4v) is 2.85. The Morgan fingerprint density at radius 1 is 1.33 bits per heavy atom. The first-order chi connectivity index (χ1) is 7.15. The standard InChI is InChI=1S/C13H26OS/c1-10(2)12-6-5-11(3)9-13(12)14-7-8-15-4/h10-13H,5-9H2,1-4H3. The molecule has 0 bridgehead atoms. The van der Waals surface area contributed by atoms with Gasteiger partial charge in [0.15, 0.2) is 0 Å². The lowest BCUT2D eigenvalue weighted by Crippen LogP contribution is -2.34. The minimum absolute atomic E-state index is 0.529. The first-order valence-electron chi connectivity index (χ1n) is 6.25. The molecule has 0 saturated heterocycles. The fourth-order valence-electron chi connectivity index (χ4n) is 2.59. The number of rotatable bonds is 5. The molecule has 1 fully saturated rings. The molecule has 0 amide bonds. The van der Waals surface area contributed by atoms with Crippen molar-refractivity contribution in [1.82, 2.24) is 0 Å². The summed E-state index contributed by atoms with van der Waals surface area (Å²) in [7, 11) is 0. The van der Waals surface area contributed by atoms with Gasteiger partial charge in [-0.05, 0) is 36.9 Å². The quantitative estimate of drug-likeness (QED) is 0.664. The summed E-state index contributed by atoms with van der Waals surface area (Å²) in [5.74, 6) is 3.56. The molecule has 0 N–H and O–H groups in total. The summed E-state index contributed by atoms with van der Waals surface area (Å²) in [6, 6.07) is 0. The van der Waals surface area contributed by atoms with E-state index in [-0.39, 0.29) is 0 Å². The van der Waals surface area contributed by atoms with E-state index in [1.165, 1.54) is 19.3 Å². The summed E-state index contributed by atoms with van der Waals surface area (Å²) < 4.78 is 6.05. The van der Waals surface area contributed by atoms with Gasteiger partial charge in [0, 0.05) is 5.75 Å². The van der Waals surface area contributed by atoms with Crippen LogP contribution in [0.3, 0.4) is 0 Å². The van der Waals surface area contributed by atoms with Crippen LogP contribution in [0.15, 0.2) is 0 Å². The highest BCUT2D eigenvalue weighted by molar-refractivity contribution is 7.98. The number of hydrogen-bond acceptors (Lipinski definition) is 2. The van der Waals surface area contributed by atoms with Gasteiger partial charge in [-0.1, -0.05) is 27.2 Å². The molecule has 90 valence electrons. The second-order valence-corrected chi connectivity index (χ2v) is 6.21. The van der Waals surface area contributed by atoms with E-state index >= 15 is 0 Å². The van der Waals surface area contributed by atoms with Crippen LogP contribution in [0, 0.1) is 17.8 Å². The van der Waals surface area contributed by atoms with E-state index in [2.05, 4.69) is 27.0 Å². The molecule has 0 spiro atoms. The van der Waals surface area contributed by atoms with Crippen LogP contribution < -0.4 is 0 Å². The molecule has 1 rings (SSSR count). The van der Waals surface area contributed by atoms with Crippen molar-refractivity contribution < 1.29 is 4.74 Å². The molecule has 1 nitrogen and oxygen atoms in total. The van der Waals surface area contributed by atoms with Crippen LogP contribution >= 0.6 is 11.8 Å². The summed E-state index contributed by atoms with van der Waals surface area (Å²) in [4.78, 5) is 0. The Kier molecular flexibility index (Phi) is 6.06. The maximum atomic E-state index is 6.05. The van der Waals surface area contributed by atoms with E-state index in [4.69, 9.17) is 4.74 Å². The van der Waals surface area contributed by atoms with Crippen LogP contribution in [0.5, 0.6) is 0 Å². The van der Waals surface area contributed by atoms with Gasteiger partial charge >= 0.3 is 0 Å². The Balaban J connectivity index is 2.39. The van der Waals surface area contributed by atoms with E-state index in [1.54, 1.807) is 0 Å². The largest absolute Gasteiger partial charge is 0.377 e. The van der Waals surface area contributed by atoms with Crippen LogP contribution in [-0.4, -0.2) is 24.7 Å². The van der Waals surface area contributed by atoms with Crippen LogP contribution in [-0.2, 0) is 4.74 Å². The number of thioether (sulfide) groups is 1. The maximum absolute atomic E-state index is 6.05. The first-order valence-corrected chi connectivity index (χ1v) is 7.65. The van der Waals surface area contributed by atoms with Crippen molar-refractivity contribution in [2.24, 2.45) is 17.8 Å². The molecule has 2 heteroatoms. The minimum atomic E-state index is 0.529. The lowest BCUT2D eigenvalue weighted by Gasteiger charge is -2.37. The molecular weight excluding hydrogens is 204 g/mol. The van der Waals surface area contributed by atoms with E-state index < -0.39 is 0 Å². The van der Waals surface area contributed by atoms with Crippen molar-refractivity contribution in [1.29, 1.82) is 0 Å². The molecule has 0 aliphatic heterocycles. The lowest BCUT2D eigenvalue weighted by atomic mass is 9.75. The molecule has 0 heterocycles. The van der Waals surface area contributed by atoms with Gasteiger partial charge < -0.3 is 4.74 Å². The second kappa shape index (κ2) is 6.80. The van der Waals surface area contributed by atoms with Crippen molar-refractivity contribution in [3.8, 4) is 0 Å². The molecule has 0 aromatic carbocycles. The normalized spacial score (nSPS) is 32.2. The SMILES string of the molecule is CSCCOC1CC(C)CCC1C(C)C. The third-order valence-electron chi connectivity index (χ3n) is 3.58. The van der Waals surface area contributed by atoms with Crippen molar-refractivity contribution in [3.63, 3.8) is 0 Å². The number of hydrogen-bond donors (Lipinski definition) is 0. The van der Waals surface area contributed by atoms with Crippen LogP contribution in [0.2, 0.25) is 0 Å². The zero-order valence-electron chi connectivity index (χ0n) is 10.7. The zero-order valence-corrected chi connectivity index (χ0v) is 11.5. The Hall–Kier alpha value is 0.310. The lowest BCUT2D eigenvalue weighted by molar-refractivity contribution is -0.0316. The molecule has 0 radical (unpaired) electrons. The van der Waals surface area contributed by atoms with Crippen molar-refractivity contribution in [2.75, 3.05) is 18.6 Å². The Bertz CT molecular complexity index is 170. The predicted octanol–water partition coefficient (Wildman–Crippen LogP) is 3.83. The molecule has 3 unspecified atom stereocenters. The van der Waals surface area contributed by atoms with E-state index in [0.29, 0.717) is 6.10 Å². The molecule has 15 heavy (non-hydrogen) atoms. The number of ether oxygens (including phenoxy) is 1. The first kappa shape index (κ1) is 13.4. The van der Waals surface area contributed by atoms with Crippen molar-refractivity contribution in [3.05, 3.63) is 0 Å². The van der Waals surface area contributed by atoms with Gasteiger partial charge in [-0.15, -0.1) is 0 Å². The Morgan fingerprint density at radius 3 is 2.67 bits per heavy atom. The molecule has 1 saturated carbocycles. The molecular formula is C13H26OS. The van der Waals surface area contributed by atoms with E-state index in [0.717, 1.165) is 30.1 Å². The summed E-state index contributed by atoms with van der Waals surface area (Å²) in [6.07, 6.45) is 6.71. The van der Waals surface area contributed by atoms with Gasteiger partial charge in [0.2, 0.25) is 0 Å². The summed E-state index contributed by atoms with van der Waals surface area (Å²) >= 11 is 1.88. The third kappa shape index (κ3) is 4.36. The van der Waals surface area contributed by atoms with E-state index in [9.17, 15) is 0 Å². The van der Waals surface area contributed by atoms with Gasteiger partial charge in [0.25, 0.3) is 0 Å². The topological polar surface area (TPSA) is 9.23 Å². The maximum Gasteiger partial charge on any atom is 0.0608 e. The highest BCUT2D eigenvalue weighted by Crippen LogP contribution is 2.35. The summed E-state index contributed by atoms with van der Waals surface area (Å²) in [6.45, 7) is 7.97. The summed E-state index contributed by atoms with van der Waals surface area (Å²) in [5, 5.41) is 0. The minimum Gasteiger partial charge on any atom is -0.377 e. The predicted molar refractivity (Wildman–Crippen MR) is 69.5 cm³/mol. The Morgan fingerprint density at radius 2 is 2.07 bits per heavy atom. The van der Waals surface area contributed by atoms with Gasteiger partial charge in [-0.3, -0.25) is 0 Å². The van der Waals surface area contributed by atoms with Gasteiger partial charge in [-0.2, -0.15) is 11.8 Å². The molecule has 1 aliphatic carbocycles. The fraction of sp³-hybridized carbons (Fsp3) is 1.00. The molecule has 1 aliphatic rings.